The first kappa shape index (κ1) is 20.0. The number of hydrogen-bond donors (Lipinski definition) is 2. The van der Waals surface area contributed by atoms with Crippen LogP contribution in [0, 0.1) is 6.92 Å². The van der Waals surface area contributed by atoms with E-state index in [0.29, 0.717) is 22.3 Å². The van der Waals surface area contributed by atoms with Gasteiger partial charge in [-0.3, -0.25) is 14.4 Å². The van der Waals surface area contributed by atoms with Crippen LogP contribution in [0.3, 0.4) is 0 Å². The predicted molar refractivity (Wildman–Crippen MR) is 108 cm³/mol. The van der Waals surface area contributed by atoms with E-state index >= 15 is 0 Å². The smallest absolute Gasteiger partial charge is 0.277 e. The van der Waals surface area contributed by atoms with Crippen LogP contribution in [-0.4, -0.2) is 40.5 Å². The number of carbonyl (C=O) groups excluding carboxylic acids is 2. The van der Waals surface area contributed by atoms with Crippen molar-refractivity contribution in [1.82, 2.24) is 20.3 Å². The van der Waals surface area contributed by atoms with Gasteiger partial charge < -0.3 is 15.4 Å². The highest BCUT2D eigenvalue weighted by Crippen LogP contribution is 2.24. The third-order valence-corrected chi connectivity index (χ3v) is 4.26. The van der Waals surface area contributed by atoms with E-state index in [1.165, 1.54) is 7.11 Å². The average Bonchev–Trinajstić information content (AvgIpc) is 2.72. The second-order valence-corrected chi connectivity index (χ2v) is 6.41. The molecule has 0 bridgehead atoms. The van der Waals surface area contributed by atoms with Crippen LogP contribution < -0.4 is 20.9 Å². The van der Waals surface area contributed by atoms with E-state index in [1.54, 1.807) is 36.4 Å². The van der Waals surface area contributed by atoms with Crippen molar-refractivity contribution in [1.29, 1.82) is 0 Å². The number of benzene rings is 2. The zero-order valence-electron chi connectivity index (χ0n) is 16.1. The van der Waals surface area contributed by atoms with Crippen molar-refractivity contribution in [2.24, 2.45) is 0 Å². The number of aromatic nitrogens is 3. The maximum atomic E-state index is 12.4. The van der Waals surface area contributed by atoms with Gasteiger partial charge in [0, 0.05) is 6.42 Å². The largest absolute Gasteiger partial charge is 0.495 e. The number of ether oxygens (including phenoxy) is 1. The summed E-state index contributed by atoms with van der Waals surface area (Å²) in [6.07, 6.45) is -0.00598. The summed E-state index contributed by atoms with van der Waals surface area (Å²) < 4.78 is 6.35. The second-order valence-electron chi connectivity index (χ2n) is 6.41. The zero-order valence-corrected chi connectivity index (χ0v) is 16.1. The van der Waals surface area contributed by atoms with Crippen LogP contribution in [0.1, 0.15) is 12.0 Å². The highest BCUT2D eigenvalue weighted by atomic mass is 16.5. The number of nitrogens with zero attached hydrogens (tertiary/aromatic N) is 3. The molecule has 3 aromatic rings. The lowest BCUT2D eigenvalue weighted by molar-refractivity contribution is -0.124. The molecule has 2 N–H and O–H groups in total. The number of aryl methyl sites for hydroxylation is 2. The molecule has 29 heavy (non-hydrogen) atoms. The Balaban J connectivity index is 1.53. The molecule has 0 aliphatic heterocycles. The van der Waals surface area contributed by atoms with Crippen LogP contribution in [0.2, 0.25) is 0 Å². The van der Waals surface area contributed by atoms with Gasteiger partial charge in [-0.05, 0) is 36.8 Å². The molecule has 2 amide bonds. The number of carbonyl (C=O) groups is 2. The summed E-state index contributed by atoms with van der Waals surface area (Å²) >= 11 is 0. The standard InChI is InChI=1S/C20H21N5O4/c1-13-7-8-17(29-2)16(11-13)22-19(27)12-21-18(26)9-10-25-20(28)14-5-3-4-6-15(14)23-24-25/h3-8,11H,9-10,12H2,1-2H3,(H,21,26)(H,22,27). The molecule has 1 aromatic heterocycles. The molecule has 150 valence electrons. The Morgan fingerprint density at radius 2 is 1.93 bits per heavy atom. The van der Waals surface area contributed by atoms with Gasteiger partial charge in [0.2, 0.25) is 11.8 Å². The fraction of sp³-hybridized carbons (Fsp3) is 0.250. The van der Waals surface area contributed by atoms with Gasteiger partial charge in [-0.2, -0.15) is 0 Å². The van der Waals surface area contributed by atoms with Gasteiger partial charge in [0.25, 0.3) is 5.56 Å². The Hall–Kier alpha value is -3.75. The minimum atomic E-state index is -0.384. The lowest BCUT2D eigenvalue weighted by Gasteiger charge is -2.11. The van der Waals surface area contributed by atoms with Crippen molar-refractivity contribution in [3.63, 3.8) is 0 Å². The van der Waals surface area contributed by atoms with E-state index in [-0.39, 0.29) is 36.9 Å². The van der Waals surface area contributed by atoms with Crippen LogP contribution in [0.5, 0.6) is 5.75 Å². The van der Waals surface area contributed by atoms with Crippen molar-refractivity contribution >= 4 is 28.4 Å². The minimum Gasteiger partial charge on any atom is -0.495 e. The predicted octanol–water partition coefficient (Wildman–Crippen LogP) is 1.25. The first-order valence-electron chi connectivity index (χ1n) is 9.01. The van der Waals surface area contributed by atoms with Gasteiger partial charge in [-0.1, -0.05) is 23.4 Å². The molecular formula is C20H21N5O4. The second kappa shape index (κ2) is 8.96. The van der Waals surface area contributed by atoms with Crippen LogP contribution >= 0.6 is 0 Å². The number of hydrogen-bond acceptors (Lipinski definition) is 6. The quantitative estimate of drug-likeness (QED) is 0.622. The summed E-state index contributed by atoms with van der Waals surface area (Å²) in [6, 6.07) is 12.3. The van der Waals surface area contributed by atoms with E-state index in [0.717, 1.165) is 10.2 Å². The normalized spacial score (nSPS) is 10.6. The molecule has 1 heterocycles. The SMILES string of the molecule is COc1ccc(C)cc1NC(=O)CNC(=O)CCn1nnc2ccccc2c1=O. The lowest BCUT2D eigenvalue weighted by atomic mass is 10.2. The Morgan fingerprint density at radius 1 is 1.14 bits per heavy atom. The molecule has 0 saturated carbocycles. The van der Waals surface area contributed by atoms with Crippen molar-refractivity contribution in [2.75, 3.05) is 19.0 Å². The summed E-state index contributed by atoms with van der Waals surface area (Å²) in [5, 5.41) is 13.5. The van der Waals surface area contributed by atoms with Gasteiger partial charge in [-0.15, -0.1) is 5.10 Å². The van der Waals surface area contributed by atoms with Gasteiger partial charge in [0.05, 0.1) is 31.3 Å². The summed E-state index contributed by atoms with van der Waals surface area (Å²) in [7, 11) is 1.51. The molecule has 9 heteroatoms. The monoisotopic (exact) mass is 395 g/mol. The average molecular weight is 395 g/mol. The van der Waals surface area contributed by atoms with Crippen molar-refractivity contribution < 1.29 is 14.3 Å². The van der Waals surface area contributed by atoms with Crippen LogP contribution in [0.25, 0.3) is 10.9 Å². The van der Waals surface area contributed by atoms with Crippen LogP contribution in [0.4, 0.5) is 5.69 Å². The van der Waals surface area contributed by atoms with E-state index in [1.807, 2.05) is 13.0 Å². The molecule has 0 radical (unpaired) electrons. The Labute approximate surface area is 166 Å². The fourth-order valence-corrected chi connectivity index (χ4v) is 2.76. The molecule has 0 fully saturated rings. The van der Waals surface area contributed by atoms with Crippen LogP contribution in [-0.2, 0) is 16.1 Å². The molecule has 9 nitrogen and oxygen atoms in total. The summed E-state index contributed by atoms with van der Waals surface area (Å²) in [4.78, 5) is 36.5. The van der Waals surface area contributed by atoms with Crippen molar-refractivity contribution in [3.8, 4) is 5.75 Å². The third kappa shape index (κ3) is 4.95. The summed E-state index contributed by atoms with van der Waals surface area (Å²) in [5.74, 6) is -0.229. The van der Waals surface area contributed by atoms with Crippen LogP contribution in [0.15, 0.2) is 47.3 Å². The summed E-state index contributed by atoms with van der Waals surface area (Å²) in [5.41, 5.74) is 1.69. The molecule has 0 saturated heterocycles. The van der Waals surface area contributed by atoms with Gasteiger partial charge in [0.1, 0.15) is 11.3 Å². The number of fused-ring (bicyclic) bond motifs is 1. The number of amides is 2. The molecule has 0 spiro atoms. The lowest BCUT2D eigenvalue weighted by Crippen LogP contribution is -2.34. The number of rotatable bonds is 7. The van der Waals surface area contributed by atoms with E-state index in [2.05, 4.69) is 20.9 Å². The van der Waals surface area contributed by atoms with E-state index in [4.69, 9.17) is 4.74 Å². The molecule has 3 rings (SSSR count). The van der Waals surface area contributed by atoms with E-state index < -0.39 is 0 Å². The molecule has 0 aliphatic carbocycles. The number of methoxy groups -OCH3 is 1. The number of nitrogens with one attached hydrogen (secondary N) is 2. The Morgan fingerprint density at radius 3 is 2.72 bits per heavy atom. The van der Waals surface area contributed by atoms with Crippen molar-refractivity contribution in [3.05, 3.63) is 58.4 Å². The Kier molecular flexibility index (Phi) is 6.18. The molecule has 0 aliphatic rings. The van der Waals surface area contributed by atoms with Crippen molar-refractivity contribution in [2.45, 2.75) is 19.9 Å². The van der Waals surface area contributed by atoms with Gasteiger partial charge >= 0.3 is 0 Å². The molecule has 0 unspecified atom stereocenters. The topological polar surface area (TPSA) is 115 Å². The maximum absolute atomic E-state index is 12.4. The first-order chi connectivity index (χ1) is 14.0. The molecule has 2 aromatic carbocycles. The third-order valence-electron chi connectivity index (χ3n) is 4.26. The summed E-state index contributed by atoms with van der Waals surface area (Å²) in [6.45, 7) is 1.76. The zero-order chi connectivity index (χ0) is 20.8. The molecule has 0 atom stereocenters. The van der Waals surface area contributed by atoms with Gasteiger partial charge in [0.15, 0.2) is 0 Å². The minimum absolute atomic E-state index is 0.00598. The number of anilines is 1. The van der Waals surface area contributed by atoms with Gasteiger partial charge in [-0.25, -0.2) is 4.68 Å². The molecular weight excluding hydrogens is 374 g/mol. The maximum Gasteiger partial charge on any atom is 0.277 e. The fourth-order valence-electron chi connectivity index (χ4n) is 2.76. The Bertz CT molecular complexity index is 1110. The first-order valence-corrected chi connectivity index (χ1v) is 9.01. The highest BCUT2D eigenvalue weighted by molar-refractivity contribution is 5.95. The highest BCUT2D eigenvalue weighted by Gasteiger charge is 2.11. The van der Waals surface area contributed by atoms with E-state index in [9.17, 15) is 14.4 Å².